The van der Waals surface area contributed by atoms with Crippen molar-refractivity contribution in [3.63, 3.8) is 0 Å². The standard InChI is InChI=1S/C25H15N3O5S/c1-13-9-10-17-19(11-13)34-25(26-17)27-21(14-5-4-6-15(12-14)28(31)32)20-22(29)16-7-2-3-8-18(16)33-23(20)24(27)30/h2-12,21H,1H3/t21-/m0/s1. The van der Waals surface area contributed by atoms with Crippen LogP contribution in [0.4, 0.5) is 10.8 Å². The molecule has 3 heterocycles. The molecule has 0 aliphatic carbocycles. The van der Waals surface area contributed by atoms with Gasteiger partial charge in [-0.1, -0.05) is 41.7 Å². The van der Waals surface area contributed by atoms with Crippen molar-refractivity contribution in [3.05, 3.63) is 110 Å². The number of benzene rings is 3. The molecule has 1 atom stereocenters. The molecular weight excluding hydrogens is 454 g/mol. The minimum Gasteiger partial charge on any atom is -0.450 e. The highest BCUT2D eigenvalue weighted by Crippen LogP contribution is 2.44. The van der Waals surface area contributed by atoms with Gasteiger partial charge in [0.15, 0.2) is 10.6 Å². The quantitative estimate of drug-likeness (QED) is 0.260. The first-order valence-corrected chi connectivity index (χ1v) is 11.2. The van der Waals surface area contributed by atoms with Crippen LogP contribution in [0.5, 0.6) is 0 Å². The number of nitro groups is 1. The summed E-state index contributed by atoms with van der Waals surface area (Å²) in [4.78, 5) is 44.2. The fraction of sp³-hybridized carbons (Fsp3) is 0.0800. The number of amides is 1. The smallest absolute Gasteiger partial charge is 0.297 e. The van der Waals surface area contributed by atoms with Gasteiger partial charge in [0.2, 0.25) is 5.76 Å². The van der Waals surface area contributed by atoms with Crippen LogP contribution in [0.25, 0.3) is 21.2 Å². The SMILES string of the molecule is Cc1ccc2nc(N3C(=O)c4oc5ccccc5c(=O)c4[C@@H]3c3cccc([N+](=O)[O-])c3)sc2c1. The molecule has 1 aliphatic rings. The summed E-state index contributed by atoms with van der Waals surface area (Å²) in [5, 5.41) is 12.2. The Kier molecular flexibility index (Phi) is 4.36. The van der Waals surface area contributed by atoms with Gasteiger partial charge >= 0.3 is 0 Å². The summed E-state index contributed by atoms with van der Waals surface area (Å²) in [7, 11) is 0. The van der Waals surface area contributed by atoms with Gasteiger partial charge in [-0.3, -0.25) is 24.6 Å². The van der Waals surface area contributed by atoms with Gasteiger partial charge in [-0.05, 0) is 42.3 Å². The van der Waals surface area contributed by atoms with E-state index in [1.54, 1.807) is 36.4 Å². The van der Waals surface area contributed by atoms with Crippen LogP contribution >= 0.6 is 11.3 Å². The molecule has 34 heavy (non-hydrogen) atoms. The van der Waals surface area contributed by atoms with E-state index in [1.165, 1.54) is 28.4 Å². The number of thiazole rings is 1. The molecule has 0 radical (unpaired) electrons. The summed E-state index contributed by atoms with van der Waals surface area (Å²) in [6.07, 6.45) is 0. The number of para-hydroxylation sites is 1. The summed E-state index contributed by atoms with van der Waals surface area (Å²) in [6.45, 7) is 1.97. The maximum absolute atomic E-state index is 13.7. The van der Waals surface area contributed by atoms with E-state index in [0.29, 0.717) is 21.7 Å². The number of hydrogen-bond acceptors (Lipinski definition) is 7. The number of nitro benzene ring substituents is 1. The first-order chi connectivity index (χ1) is 16.4. The van der Waals surface area contributed by atoms with Crippen LogP contribution in [-0.4, -0.2) is 15.8 Å². The van der Waals surface area contributed by atoms with E-state index in [9.17, 15) is 19.7 Å². The van der Waals surface area contributed by atoms with Crippen molar-refractivity contribution in [1.82, 2.24) is 4.98 Å². The van der Waals surface area contributed by atoms with Crippen LogP contribution in [0.3, 0.4) is 0 Å². The summed E-state index contributed by atoms with van der Waals surface area (Å²) in [5.41, 5.74) is 2.18. The van der Waals surface area contributed by atoms with Crippen LogP contribution in [0, 0.1) is 17.0 Å². The Labute approximate surface area is 195 Å². The van der Waals surface area contributed by atoms with Crippen molar-refractivity contribution < 1.29 is 14.1 Å². The zero-order chi connectivity index (χ0) is 23.6. The van der Waals surface area contributed by atoms with Crippen molar-refractivity contribution in [2.75, 3.05) is 4.90 Å². The number of fused-ring (bicyclic) bond motifs is 3. The highest BCUT2D eigenvalue weighted by atomic mass is 32.1. The second kappa shape index (κ2) is 7.32. The Balaban J connectivity index is 1.64. The van der Waals surface area contributed by atoms with E-state index in [-0.39, 0.29) is 22.4 Å². The van der Waals surface area contributed by atoms with Crippen LogP contribution in [0.15, 0.2) is 75.9 Å². The molecule has 0 saturated carbocycles. The molecule has 0 fully saturated rings. The third-order valence-corrected chi connectivity index (χ3v) is 6.93. The Bertz CT molecular complexity index is 1720. The van der Waals surface area contributed by atoms with E-state index >= 15 is 0 Å². The molecular formula is C25H15N3O5S. The van der Waals surface area contributed by atoms with Crippen LogP contribution in [0.1, 0.15) is 33.3 Å². The fourth-order valence-electron chi connectivity index (χ4n) is 4.36. The van der Waals surface area contributed by atoms with Gasteiger partial charge < -0.3 is 4.42 Å². The average molecular weight is 469 g/mol. The largest absolute Gasteiger partial charge is 0.450 e. The van der Waals surface area contributed by atoms with Crippen LogP contribution in [0.2, 0.25) is 0 Å². The normalized spacial score (nSPS) is 15.3. The predicted octanol–water partition coefficient (Wildman–Crippen LogP) is 5.37. The van der Waals surface area contributed by atoms with Gasteiger partial charge in [-0.15, -0.1) is 0 Å². The van der Waals surface area contributed by atoms with E-state index in [1.807, 2.05) is 25.1 Å². The van der Waals surface area contributed by atoms with E-state index in [2.05, 4.69) is 4.98 Å². The highest BCUT2D eigenvalue weighted by molar-refractivity contribution is 7.22. The maximum atomic E-state index is 13.7. The molecule has 1 amide bonds. The Hall–Kier alpha value is -4.37. The molecule has 0 spiro atoms. The molecule has 166 valence electrons. The van der Waals surface area contributed by atoms with Crippen molar-refractivity contribution in [2.24, 2.45) is 0 Å². The number of nitrogens with zero attached hydrogens (tertiary/aromatic N) is 3. The summed E-state index contributed by atoms with van der Waals surface area (Å²) in [5.74, 6) is -0.583. The summed E-state index contributed by atoms with van der Waals surface area (Å²) < 4.78 is 6.81. The Morgan fingerprint density at radius 2 is 1.88 bits per heavy atom. The third kappa shape index (κ3) is 2.94. The first-order valence-electron chi connectivity index (χ1n) is 10.4. The van der Waals surface area contributed by atoms with Gasteiger partial charge in [0.25, 0.3) is 11.6 Å². The molecule has 2 aromatic heterocycles. The second-order valence-electron chi connectivity index (χ2n) is 8.07. The van der Waals surface area contributed by atoms with Gasteiger partial charge in [0.05, 0.1) is 32.1 Å². The number of carbonyl (C=O) groups excluding carboxylic acids is 1. The molecule has 9 heteroatoms. The lowest BCUT2D eigenvalue weighted by Gasteiger charge is -2.22. The molecule has 6 rings (SSSR count). The lowest BCUT2D eigenvalue weighted by Crippen LogP contribution is -2.29. The maximum Gasteiger partial charge on any atom is 0.297 e. The zero-order valence-corrected chi connectivity index (χ0v) is 18.5. The van der Waals surface area contributed by atoms with Gasteiger partial charge in [0, 0.05) is 12.1 Å². The molecule has 3 aromatic carbocycles. The van der Waals surface area contributed by atoms with Gasteiger partial charge in [-0.2, -0.15) is 0 Å². The second-order valence-corrected chi connectivity index (χ2v) is 9.08. The first kappa shape index (κ1) is 20.3. The van der Waals surface area contributed by atoms with Gasteiger partial charge in [-0.25, -0.2) is 4.98 Å². The average Bonchev–Trinajstić information content (AvgIpc) is 3.37. The van der Waals surface area contributed by atoms with Crippen molar-refractivity contribution in [1.29, 1.82) is 0 Å². The molecule has 1 aliphatic heterocycles. The Morgan fingerprint density at radius 1 is 1.06 bits per heavy atom. The number of hydrogen-bond donors (Lipinski definition) is 0. The molecule has 0 unspecified atom stereocenters. The molecule has 0 saturated heterocycles. The number of anilines is 1. The Morgan fingerprint density at radius 3 is 2.71 bits per heavy atom. The third-order valence-electron chi connectivity index (χ3n) is 5.91. The zero-order valence-electron chi connectivity index (χ0n) is 17.7. The number of non-ortho nitro benzene ring substituents is 1. The number of carbonyl (C=O) groups is 1. The fourth-order valence-corrected chi connectivity index (χ4v) is 5.45. The van der Waals surface area contributed by atoms with Crippen LogP contribution < -0.4 is 10.3 Å². The summed E-state index contributed by atoms with van der Waals surface area (Å²) >= 11 is 1.32. The minimum atomic E-state index is -0.912. The monoisotopic (exact) mass is 469 g/mol. The van der Waals surface area contributed by atoms with Crippen molar-refractivity contribution in [2.45, 2.75) is 13.0 Å². The van der Waals surface area contributed by atoms with E-state index < -0.39 is 16.9 Å². The molecule has 0 bridgehead atoms. The summed E-state index contributed by atoms with van der Waals surface area (Å²) in [6, 6.07) is 17.5. The van der Waals surface area contributed by atoms with Crippen molar-refractivity contribution >= 4 is 49.2 Å². The van der Waals surface area contributed by atoms with E-state index in [4.69, 9.17) is 4.42 Å². The minimum absolute atomic E-state index is 0.0735. The van der Waals surface area contributed by atoms with Gasteiger partial charge in [0.1, 0.15) is 5.58 Å². The lowest BCUT2D eigenvalue weighted by atomic mass is 9.98. The molecule has 0 N–H and O–H groups in total. The number of aryl methyl sites for hydroxylation is 1. The predicted molar refractivity (Wildman–Crippen MR) is 129 cm³/mol. The topological polar surface area (TPSA) is 107 Å². The molecule has 8 nitrogen and oxygen atoms in total. The molecule has 5 aromatic rings. The number of rotatable bonds is 3. The lowest BCUT2D eigenvalue weighted by molar-refractivity contribution is -0.384. The number of aromatic nitrogens is 1. The van der Waals surface area contributed by atoms with Crippen LogP contribution in [-0.2, 0) is 0 Å². The van der Waals surface area contributed by atoms with Crippen molar-refractivity contribution in [3.8, 4) is 0 Å². The highest BCUT2D eigenvalue weighted by Gasteiger charge is 2.45. The van der Waals surface area contributed by atoms with E-state index in [0.717, 1.165) is 15.8 Å².